The van der Waals surface area contributed by atoms with Crippen molar-refractivity contribution in [3.8, 4) is 11.5 Å². The molecule has 0 amide bonds. The largest absolute Gasteiger partial charge is 0.493 e. The molecule has 114 valence electrons. The molecule has 0 heterocycles. The summed E-state index contributed by atoms with van der Waals surface area (Å²) in [5.74, 6) is 1.48. The van der Waals surface area contributed by atoms with Crippen LogP contribution in [0.1, 0.15) is 18.9 Å². The van der Waals surface area contributed by atoms with E-state index in [1.807, 2.05) is 6.07 Å². The van der Waals surface area contributed by atoms with Crippen molar-refractivity contribution in [1.82, 2.24) is 10.2 Å². The van der Waals surface area contributed by atoms with Gasteiger partial charge >= 0.3 is 0 Å². The molecule has 0 fully saturated rings. The molecule has 0 aliphatic heterocycles. The summed E-state index contributed by atoms with van der Waals surface area (Å²) in [5, 5.41) is 3.95. The van der Waals surface area contributed by atoms with Gasteiger partial charge < -0.3 is 19.7 Å². The summed E-state index contributed by atoms with van der Waals surface area (Å²) in [6, 6.07) is 3.71. The van der Waals surface area contributed by atoms with E-state index in [0.717, 1.165) is 37.4 Å². The number of hydrogen-bond acceptors (Lipinski definition) is 4. The fraction of sp³-hybridized carbons (Fsp3) is 0.600. The van der Waals surface area contributed by atoms with E-state index in [9.17, 15) is 0 Å². The van der Waals surface area contributed by atoms with Crippen molar-refractivity contribution in [2.45, 2.75) is 19.9 Å². The van der Waals surface area contributed by atoms with E-state index in [0.29, 0.717) is 17.4 Å². The van der Waals surface area contributed by atoms with Crippen LogP contribution in [0.25, 0.3) is 0 Å². The molecule has 0 aliphatic carbocycles. The quantitative estimate of drug-likeness (QED) is 0.711. The number of benzene rings is 1. The van der Waals surface area contributed by atoms with Crippen molar-refractivity contribution in [2.75, 3.05) is 40.9 Å². The molecule has 5 heteroatoms. The maximum atomic E-state index is 6.11. The molecule has 0 saturated heterocycles. The van der Waals surface area contributed by atoms with E-state index in [1.54, 1.807) is 13.2 Å². The van der Waals surface area contributed by atoms with Gasteiger partial charge in [-0.25, -0.2) is 0 Å². The van der Waals surface area contributed by atoms with Gasteiger partial charge in [0.05, 0.1) is 13.7 Å². The van der Waals surface area contributed by atoms with Crippen LogP contribution in [-0.2, 0) is 6.54 Å². The Balaban J connectivity index is 2.78. The Morgan fingerprint density at radius 3 is 2.65 bits per heavy atom. The first-order valence-electron chi connectivity index (χ1n) is 6.93. The molecular weight excluding hydrogens is 276 g/mol. The SMILES string of the molecule is CCNCc1cc(Cl)cc(OC)c1OCCCN(C)C. The number of methoxy groups -OCH3 is 1. The number of rotatable bonds is 9. The lowest BCUT2D eigenvalue weighted by Crippen LogP contribution is -2.17. The van der Waals surface area contributed by atoms with Crippen LogP contribution >= 0.6 is 11.6 Å². The zero-order valence-electron chi connectivity index (χ0n) is 12.8. The molecule has 4 nitrogen and oxygen atoms in total. The van der Waals surface area contributed by atoms with Crippen LogP contribution < -0.4 is 14.8 Å². The highest BCUT2D eigenvalue weighted by Gasteiger charge is 2.12. The van der Waals surface area contributed by atoms with Crippen molar-refractivity contribution >= 4 is 11.6 Å². The van der Waals surface area contributed by atoms with Crippen LogP contribution in [0.2, 0.25) is 5.02 Å². The van der Waals surface area contributed by atoms with E-state index >= 15 is 0 Å². The van der Waals surface area contributed by atoms with Gasteiger partial charge in [-0.05, 0) is 33.1 Å². The molecule has 0 aromatic heterocycles. The van der Waals surface area contributed by atoms with Crippen LogP contribution in [-0.4, -0.2) is 45.8 Å². The molecule has 20 heavy (non-hydrogen) atoms. The second-order valence-corrected chi connectivity index (χ2v) is 5.32. The fourth-order valence-corrected chi connectivity index (χ4v) is 2.11. The zero-order chi connectivity index (χ0) is 15.0. The normalized spacial score (nSPS) is 10.9. The van der Waals surface area contributed by atoms with Crippen LogP contribution in [0.15, 0.2) is 12.1 Å². The van der Waals surface area contributed by atoms with Gasteiger partial charge in [0.15, 0.2) is 11.5 Å². The Hall–Kier alpha value is -0.970. The van der Waals surface area contributed by atoms with Crippen molar-refractivity contribution in [2.24, 2.45) is 0 Å². The van der Waals surface area contributed by atoms with E-state index in [2.05, 4.69) is 31.2 Å². The summed E-state index contributed by atoms with van der Waals surface area (Å²) in [5.41, 5.74) is 1.03. The minimum atomic E-state index is 0.662. The molecular formula is C15H25ClN2O2. The van der Waals surface area contributed by atoms with E-state index in [4.69, 9.17) is 21.1 Å². The summed E-state index contributed by atoms with van der Waals surface area (Å²) >= 11 is 6.11. The van der Waals surface area contributed by atoms with Gasteiger partial charge in [0.2, 0.25) is 0 Å². The van der Waals surface area contributed by atoms with Crippen molar-refractivity contribution in [3.63, 3.8) is 0 Å². The highest BCUT2D eigenvalue weighted by Crippen LogP contribution is 2.34. The van der Waals surface area contributed by atoms with Gasteiger partial charge in [-0.1, -0.05) is 18.5 Å². The topological polar surface area (TPSA) is 33.7 Å². The lowest BCUT2D eigenvalue weighted by molar-refractivity contribution is 0.265. The summed E-state index contributed by atoms with van der Waals surface area (Å²) in [6.45, 7) is 5.35. The van der Waals surface area contributed by atoms with Gasteiger partial charge in [-0.15, -0.1) is 0 Å². The maximum Gasteiger partial charge on any atom is 0.165 e. The zero-order valence-corrected chi connectivity index (χ0v) is 13.6. The second-order valence-electron chi connectivity index (χ2n) is 4.88. The minimum Gasteiger partial charge on any atom is -0.493 e. The molecule has 0 aliphatic rings. The van der Waals surface area contributed by atoms with Crippen LogP contribution in [0, 0.1) is 0 Å². The number of nitrogens with zero attached hydrogens (tertiary/aromatic N) is 1. The first-order chi connectivity index (χ1) is 9.58. The summed E-state index contributed by atoms with van der Waals surface area (Å²) < 4.78 is 11.3. The molecule has 0 bridgehead atoms. The van der Waals surface area contributed by atoms with Crippen molar-refractivity contribution < 1.29 is 9.47 Å². The molecule has 0 unspecified atom stereocenters. The van der Waals surface area contributed by atoms with Crippen LogP contribution in [0.5, 0.6) is 11.5 Å². The van der Waals surface area contributed by atoms with Crippen molar-refractivity contribution in [3.05, 3.63) is 22.7 Å². The first kappa shape index (κ1) is 17.1. The van der Waals surface area contributed by atoms with E-state index in [1.165, 1.54) is 0 Å². The highest BCUT2D eigenvalue weighted by molar-refractivity contribution is 6.30. The van der Waals surface area contributed by atoms with Gasteiger partial charge in [-0.2, -0.15) is 0 Å². The van der Waals surface area contributed by atoms with Gasteiger partial charge in [0.25, 0.3) is 0 Å². The molecule has 0 radical (unpaired) electrons. The van der Waals surface area contributed by atoms with Crippen molar-refractivity contribution in [1.29, 1.82) is 0 Å². The van der Waals surface area contributed by atoms with E-state index < -0.39 is 0 Å². The Morgan fingerprint density at radius 2 is 2.05 bits per heavy atom. The molecule has 0 atom stereocenters. The molecule has 0 spiro atoms. The standard InChI is InChI=1S/C15H25ClN2O2/c1-5-17-11-12-9-13(16)10-14(19-4)15(12)20-8-6-7-18(2)3/h9-10,17H,5-8,11H2,1-4H3. The van der Waals surface area contributed by atoms with E-state index in [-0.39, 0.29) is 0 Å². The number of halogens is 1. The number of nitrogens with one attached hydrogen (secondary N) is 1. The third kappa shape index (κ3) is 5.57. The second kappa shape index (κ2) is 9.06. The number of hydrogen-bond donors (Lipinski definition) is 1. The average Bonchev–Trinajstić information content (AvgIpc) is 2.41. The predicted octanol–water partition coefficient (Wildman–Crippen LogP) is 2.79. The molecule has 1 rings (SSSR count). The minimum absolute atomic E-state index is 0.662. The molecule has 1 N–H and O–H groups in total. The Kier molecular flexibility index (Phi) is 7.73. The molecule has 1 aromatic rings. The van der Waals surface area contributed by atoms with Crippen LogP contribution in [0.4, 0.5) is 0 Å². The lowest BCUT2D eigenvalue weighted by atomic mass is 10.2. The number of ether oxygens (including phenoxy) is 2. The highest BCUT2D eigenvalue weighted by atomic mass is 35.5. The first-order valence-corrected chi connectivity index (χ1v) is 7.31. The molecule has 1 aromatic carbocycles. The van der Waals surface area contributed by atoms with Gasteiger partial charge in [-0.3, -0.25) is 0 Å². The monoisotopic (exact) mass is 300 g/mol. The maximum absolute atomic E-state index is 6.11. The summed E-state index contributed by atoms with van der Waals surface area (Å²) in [4.78, 5) is 2.14. The van der Waals surface area contributed by atoms with Gasteiger partial charge in [0, 0.05) is 29.7 Å². The third-order valence-electron chi connectivity index (χ3n) is 2.88. The third-order valence-corrected chi connectivity index (χ3v) is 3.10. The predicted molar refractivity (Wildman–Crippen MR) is 84.1 cm³/mol. The van der Waals surface area contributed by atoms with Gasteiger partial charge in [0.1, 0.15) is 0 Å². The average molecular weight is 301 g/mol. The summed E-state index contributed by atoms with van der Waals surface area (Å²) in [7, 11) is 5.74. The smallest absolute Gasteiger partial charge is 0.165 e. The lowest BCUT2D eigenvalue weighted by Gasteiger charge is -2.17. The Bertz CT molecular complexity index is 411. The Morgan fingerprint density at radius 1 is 1.30 bits per heavy atom. The summed E-state index contributed by atoms with van der Waals surface area (Å²) in [6.07, 6.45) is 0.972. The molecule has 0 saturated carbocycles. The fourth-order valence-electron chi connectivity index (χ4n) is 1.88. The Labute approximate surface area is 127 Å². The van der Waals surface area contributed by atoms with Crippen LogP contribution in [0.3, 0.4) is 0 Å².